The van der Waals surface area contributed by atoms with Crippen LogP contribution in [0.5, 0.6) is 0 Å². The highest BCUT2D eigenvalue weighted by atomic mass is 16.6. The Morgan fingerprint density at radius 2 is 1.58 bits per heavy atom. The smallest absolute Gasteiger partial charge is 0.410 e. The summed E-state index contributed by atoms with van der Waals surface area (Å²) < 4.78 is 5.49. The van der Waals surface area contributed by atoms with E-state index in [4.69, 9.17) is 4.74 Å². The van der Waals surface area contributed by atoms with Crippen molar-refractivity contribution >= 4 is 12.0 Å². The van der Waals surface area contributed by atoms with E-state index in [2.05, 4.69) is 4.98 Å². The Hall–Kier alpha value is -2.11. The molecule has 2 fully saturated rings. The molecule has 6 heteroatoms. The molecular formula is C18H25N3O3. The molecule has 1 aromatic heterocycles. The summed E-state index contributed by atoms with van der Waals surface area (Å²) in [5, 5.41) is 0. The van der Waals surface area contributed by atoms with Gasteiger partial charge in [0.05, 0.1) is 0 Å². The fraction of sp³-hybridized carbons (Fsp3) is 0.611. The zero-order valence-electron chi connectivity index (χ0n) is 14.6. The van der Waals surface area contributed by atoms with Crippen molar-refractivity contribution in [2.45, 2.75) is 32.8 Å². The van der Waals surface area contributed by atoms with Gasteiger partial charge >= 0.3 is 6.09 Å². The van der Waals surface area contributed by atoms with E-state index >= 15 is 0 Å². The molecule has 2 saturated heterocycles. The Morgan fingerprint density at radius 1 is 1.04 bits per heavy atom. The van der Waals surface area contributed by atoms with Crippen molar-refractivity contribution in [2.24, 2.45) is 11.8 Å². The number of fused-ring (bicyclic) bond motifs is 2. The number of likely N-dealkylation sites (tertiary alicyclic amines) is 2. The first-order valence-corrected chi connectivity index (χ1v) is 8.49. The number of amides is 2. The van der Waals surface area contributed by atoms with Gasteiger partial charge in [-0.25, -0.2) is 4.79 Å². The normalized spacial score (nSPS) is 23.8. The maximum absolute atomic E-state index is 12.6. The molecule has 130 valence electrons. The Kier molecular flexibility index (Phi) is 4.47. The Morgan fingerprint density at radius 3 is 2.12 bits per heavy atom. The largest absolute Gasteiger partial charge is 0.444 e. The van der Waals surface area contributed by atoms with Crippen LogP contribution in [0.2, 0.25) is 0 Å². The van der Waals surface area contributed by atoms with Crippen LogP contribution in [0.1, 0.15) is 37.6 Å². The van der Waals surface area contributed by atoms with Gasteiger partial charge in [0.2, 0.25) is 0 Å². The Balaban J connectivity index is 1.63. The number of carbonyl (C=O) groups excluding carboxylic acids is 2. The second-order valence-electron chi connectivity index (χ2n) is 7.80. The summed E-state index contributed by atoms with van der Waals surface area (Å²) in [6.07, 6.45) is 4.11. The third kappa shape index (κ3) is 3.86. The van der Waals surface area contributed by atoms with Crippen molar-refractivity contribution in [3.8, 4) is 0 Å². The minimum absolute atomic E-state index is 0.0535. The molecule has 0 saturated carbocycles. The highest BCUT2D eigenvalue weighted by Crippen LogP contribution is 2.30. The van der Waals surface area contributed by atoms with Crippen LogP contribution >= 0.6 is 0 Å². The van der Waals surface area contributed by atoms with Crippen molar-refractivity contribution in [3.63, 3.8) is 0 Å². The average molecular weight is 331 g/mol. The van der Waals surface area contributed by atoms with Crippen LogP contribution < -0.4 is 0 Å². The van der Waals surface area contributed by atoms with Crippen molar-refractivity contribution < 1.29 is 14.3 Å². The van der Waals surface area contributed by atoms with Gasteiger partial charge < -0.3 is 14.5 Å². The van der Waals surface area contributed by atoms with Crippen LogP contribution in [0.4, 0.5) is 4.79 Å². The average Bonchev–Trinajstić information content (AvgIpc) is 2.52. The third-order valence-electron chi connectivity index (χ3n) is 4.45. The molecular weight excluding hydrogens is 306 g/mol. The van der Waals surface area contributed by atoms with Gasteiger partial charge in [-0.3, -0.25) is 9.78 Å². The fourth-order valence-electron chi connectivity index (χ4n) is 3.60. The molecule has 3 rings (SSSR count). The molecule has 0 radical (unpaired) electrons. The van der Waals surface area contributed by atoms with E-state index < -0.39 is 5.60 Å². The lowest BCUT2D eigenvalue weighted by atomic mass is 9.84. The monoisotopic (exact) mass is 331 g/mol. The summed E-state index contributed by atoms with van der Waals surface area (Å²) in [4.78, 5) is 32.6. The minimum atomic E-state index is -0.479. The van der Waals surface area contributed by atoms with Gasteiger partial charge in [-0.15, -0.1) is 0 Å². The number of rotatable bonds is 1. The molecule has 2 atom stereocenters. The van der Waals surface area contributed by atoms with Gasteiger partial charge in [-0.2, -0.15) is 0 Å². The van der Waals surface area contributed by atoms with Crippen molar-refractivity contribution in [1.29, 1.82) is 0 Å². The van der Waals surface area contributed by atoms with Crippen molar-refractivity contribution in [3.05, 3.63) is 30.1 Å². The Labute approximate surface area is 142 Å². The van der Waals surface area contributed by atoms with Crippen LogP contribution in [0.15, 0.2) is 24.5 Å². The van der Waals surface area contributed by atoms with Gasteiger partial charge in [-0.05, 0) is 51.2 Å². The molecule has 2 bridgehead atoms. The van der Waals surface area contributed by atoms with Gasteiger partial charge in [0.1, 0.15) is 5.60 Å². The number of ether oxygens (including phenoxy) is 1. The first-order valence-electron chi connectivity index (χ1n) is 8.49. The molecule has 0 N–H and O–H groups in total. The van der Waals surface area contributed by atoms with Crippen LogP contribution in [-0.4, -0.2) is 58.6 Å². The number of aromatic nitrogens is 1. The van der Waals surface area contributed by atoms with Crippen LogP contribution in [0.25, 0.3) is 0 Å². The van der Waals surface area contributed by atoms with Crippen LogP contribution in [0, 0.1) is 11.8 Å². The molecule has 3 heterocycles. The summed E-state index contributed by atoms with van der Waals surface area (Å²) in [5.74, 6) is 0.685. The van der Waals surface area contributed by atoms with Crippen LogP contribution in [-0.2, 0) is 4.74 Å². The zero-order valence-corrected chi connectivity index (χ0v) is 14.6. The molecule has 24 heavy (non-hydrogen) atoms. The van der Waals surface area contributed by atoms with Gasteiger partial charge in [0.25, 0.3) is 5.91 Å². The first-order chi connectivity index (χ1) is 11.3. The van der Waals surface area contributed by atoms with Crippen LogP contribution in [0.3, 0.4) is 0 Å². The summed E-state index contributed by atoms with van der Waals surface area (Å²) in [7, 11) is 0. The quantitative estimate of drug-likeness (QED) is 0.793. The number of carbonyl (C=O) groups is 2. The molecule has 2 aliphatic rings. The lowest BCUT2D eigenvalue weighted by Gasteiger charge is -2.45. The van der Waals surface area contributed by atoms with Crippen molar-refractivity contribution in [1.82, 2.24) is 14.8 Å². The van der Waals surface area contributed by atoms with E-state index in [0.717, 1.165) is 6.42 Å². The molecule has 0 aliphatic carbocycles. The summed E-state index contributed by atoms with van der Waals surface area (Å²) >= 11 is 0. The first kappa shape index (κ1) is 16.7. The molecule has 0 unspecified atom stereocenters. The predicted octanol–water partition coefficient (Wildman–Crippen LogP) is 2.41. The Bertz CT molecular complexity index is 598. The fourth-order valence-corrected chi connectivity index (χ4v) is 3.60. The number of nitrogens with zero attached hydrogens (tertiary/aromatic N) is 3. The minimum Gasteiger partial charge on any atom is -0.444 e. The van der Waals surface area contributed by atoms with Gasteiger partial charge in [0.15, 0.2) is 0 Å². The number of piperidine rings is 2. The number of hydrogen-bond acceptors (Lipinski definition) is 4. The van der Waals surface area contributed by atoms with Crippen molar-refractivity contribution in [2.75, 3.05) is 26.2 Å². The summed E-state index contributed by atoms with van der Waals surface area (Å²) in [6.45, 7) is 8.34. The second kappa shape index (κ2) is 6.42. The van der Waals surface area contributed by atoms with Gasteiger partial charge in [0, 0.05) is 44.1 Å². The van der Waals surface area contributed by atoms with E-state index in [0.29, 0.717) is 43.6 Å². The zero-order chi connectivity index (χ0) is 17.3. The molecule has 2 aliphatic heterocycles. The van der Waals surface area contributed by atoms with E-state index in [1.54, 1.807) is 29.4 Å². The lowest BCUT2D eigenvalue weighted by molar-refractivity contribution is -0.00714. The van der Waals surface area contributed by atoms with E-state index in [1.807, 2.05) is 25.7 Å². The molecule has 1 aromatic rings. The maximum Gasteiger partial charge on any atom is 0.410 e. The number of hydrogen-bond donors (Lipinski definition) is 0. The highest BCUT2D eigenvalue weighted by molar-refractivity contribution is 5.94. The number of pyridine rings is 1. The van der Waals surface area contributed by atoms with Gasteiger partial charge in [-0.1, -0.05) is 0 Å². The topological polar surface area (TPSA) is 62.7 Å². The standard InChI is InChI=1S/C18H25N3O3/c1-18(2,3)24-17(23)21-11-13-8-14(12-21)10-20(9-13)16(22)15-4-6-19-7-5-15/h4-7,13-14H,8-12H2,1-3H3/t13-,14+. The molecule has 0 spiro atoms. The highest BCUT2D eigenvalue weighted by Gasteiger charge is 2.38. The van der Waals surface area contributed by atoms with E-state index in [-0.39, 0.29) is 12.0 Å². The third-order valence-corrected chi connectivity index (χ3v) is 4.45. The SMILES string of the molecule is CC(C)(C)OC(=O)N1C[C@H]2C[C@@H](C1)CN(C(=O)c1ccncc1)C2. The predicted molar refractivity (Wildman–Crippen MR) is 89.5 cm³/mol. The second-order valence-corrected chi connectivity index (χ2v) is 7.80. The summed E-state index contributed by atoms with van der Waals surface area (Å²) in [5.41, 5.74) is 0.196. The molecule has 6 nitrogen and oxygen atoms in total. The van der Waals surface area contributed by atoms with E-state index in [9.17, 15) is 9.59 Å². The molecule has 0 aromatic carbocycles. The maximum atomic E-state index is 12.6. The molecule has 2 amide bonds. The lowest BCUT2D eigenvalue weighted by Crippen LogP contribution is -2.55. The van der Waals surface area contributed by atoms with E-state index in [1.165, 1.54) is 0 Å². The summed E-state index contributed by atoms with van der Waals surface area (Å²) in [6, 6.07) is 3.50.